The minimum atomic E-state index is 0. The van der Waals surface area contributed by atoms with Crippen molar-refractivity contribution < 1.29 is 9.47 Å². The second-order valence-corrected chi connectivity index (χ2v) is 6.27. The molecule has 0 radical (unpaired) electrons. The van der Waals surface area contributed by atoms with Crippen molar-refractivity contribution in [2.75, 3.05) is 33.9 Å². The number of aliphatic imine (C=N–C) groups is 1. The fourth-order valence-electron chi connectivity index (χ4n) is 2.44. The molecular weight excluding hydrogens is 429 g/mol. The molecule has 1 aromatic rings. The molecular formula is C19H32IN3O2. The summed E-state index contributed by atoms with van der Waals surface area (Å²) in [5.41, 5.74) is 1.17. The van der Waals surface area contributed by atoms with E-state index in [0.29, 0.717) is 6.54 Å². The van der Waals surface area contributed by atoms with E-state index in [1.54, 1.807) is 14.2 Å². The monoisotopic (exact) mass is 461 g/mol. The quantitative estimate of drug-likeness (QED) is 0.229. The normalized spacial score (nSPS) is 13.9. The van der Waals surface area contributed by atoms with Crippen LogP contribution in [-0.2, 0) is 11.3 Å². The number of rotatable bonds is 11. The summed E-state index contributed by atoms with van der Waals surface area (Å²) in [5.74, 6) is 2.57. The summed E-state index contributed by atoms with van der Waals surface area (Å²) in [7, 11) is 3.55. The van der Waals surface area contributed by atoms with Gasteiger partial charge in [-0.2, -0.15) is 0 Å². The van der Waals surface area contributed by atoms with Crippen molar-refractivity contribution in [2.45, 2.75) is 38.6 Å². The SMILES string of the molecule is CN=C(NCCCCCOC)NCc1ccccc1OCC1CC1.I. The van der Waals surface area contributed by atoms with Gasteiger partial charge in [0.05, 0.1) is 6.61 Å². The van der Waals surface area contributed by atoms with Crippen LogP contribution in [-0.4, -0.2) is 39.9 Å². The van der Waals surface area contributed by atoms with Gasteiger partial charge < -0.3 is 20.1 Å². The summed E-state index contributed by atoms with van der Waals surface area (Å²) in [4.78, 5) is 4.28. The number of halogens is 1. The van der Waals surface area contributed by atoms with Crippen molar-refractivity contribution in [2.24, 2.45) is 10.9 Å². The number of para-hydroxylation sites is 1. The molecule has 2 N–H and O–H groups in total. The third kappa shape index (κ3) is 9.30. The summed E-state index contributed by atoms with van der Waals surface area (Å²) in [5, 5.41) is 6.72. The van der Waals surface area contributed by atoms with Crippen LogP contribution in [0.2, 0.25) is 0 Å². The molecule has 0 atom stereocenters. The van der Waals surface area contributed by atoms with Crippen molar-refractivity contribution >= 4 is 29.9 Å². The fourth-order valence-corrected chi connectivity index (χ4v) is 2.44. The number of guanidine groups is 1. The van der Waals surface area contributed by atoms with Crippen LogP contribution in [0.5, 0.6) is 5.75 Å². The lowest BCUT2D eigenvalue weighted by atomic mass is 10.2. The molecule has 0 bridgehead atoms. The first-order valence-electron chi connectivity index (χ1n) is 8.97. The zero-order valence-electron chi connectivity index (χ0n) is 15.4. The summed E-state index contributed by atoms with van der Waals surface area (Å²) in [6, 6.07) is 8.23. The number of hydrogen-bond acceptors (Lipinski definition) is 3. The van der Waals surface area contributed by atoms with Crippen LogP contribution in [0.3, 0.4) is 0 Å². The Labute approximate surface area is 169 Å². The first-order chi connectivity index (χ1) is 11.8. The van der Waals surface area contributed by atoms with E-state index in [1.165, 1.54) is 18.4 Å². The van der Waals surface area contributed by atoms with Gasteiger partial charge in [0.25, 0.3) is 0 Å². The molecule has 1 aliphatic rings. The van der Waals surface area contributed by atoms with E-state index in [9.17, 15) is 0 Å². The van der Waals surface area contributed by atoms with E-state index in [4.69, 9.17) is 9.47 Å². The highest BCUT2D eigenvalue weighted by Crippen LogP contribution is 2.30. The number of nitrogens with one attached hydrogen (secondary N) is 2. The number of benzene rings is 1. The smallest absolute Gasteiger partial charge is 0.191 e. The highest BCUT2D eigenvalue weighted by Gasteiger charge is 2.22. The first-order valence-corrected chi connectivity index (χ1v) is 8.97. The van der Waals surface area contributed by atoms with Crippen LogP contribution in [0.25, 0.3) is 0 Å². The second kappa shape index (κ2) is 13.2. The highest BCUT2D eigenvalue weighted by atomic mass is 127. The molecule has 1 fully saturated rings. The highest BCUT2D eigenvalue weighted by molar-refractivity contribution is 14.0. The fraction of sp³-hybridized carbons (Fsp3) is 0.632. The van der Waals surface area contributed by atoms with Gasteiger partial charge >= 0.3 is 0 Å². The van der Waals surface area contributed by atoms with Gasteiger partial charge in [-0.25, -0.2) is 0 Å². The van der Waals surface area contributed by atoms with E-state index < -0.39 is 0 Å². The summed E-state index contributed by atoms with van der Waals surface area (Å²) >= 11 is 0. The van der Waals surface area contributed by atoms with Crippen molar-refractivity contribution in [1.82, 2.24) is 10.6 Å². The molecule has 0 spiro atoms. The van der Waals surface area contributed by atoms with Gasteiger partial charge in [0.2, 0.25) is 0 Å². The minimum absolute atomic E-state index is 0. The Kier molecular flexibility index (Phi) is 11.6. The van der Waals surface area contributed by atoms with Crippen molar-refractivity contribution in [1.29, 1.82) is 0 Å². The second-order valence-electron chi connectivity index (χ2n) is 6.27. The molecule has 1 aromatic carbocycles. The molecule has 0 unspecified atom stereocenters. The lowest BCUT2D eigenvalue weighted by Gasteiger charge is -2.14. The van der Waals surface area contributed by atoms with Gasteiger partial charge in [0.15, 0.2) is 5.96 Å². The summed E-state index contributed by atoms with van der Waals surface area (Å²) < 4.78 is 11.0. The van der Waals surface area contributed by atoms with Crippen LogP contribution in [0.1, 0.15) is 37.7 Å². The van der Waals surface area contributed by atoms with E-state index in [-0.39, 0.29) is 24.0 Å². The summed E-state index contributed by atoms with van der Waals surface area (Å²) in [6.45, 7) is 3.31. The van der Waals surface area contributed by atoms with Gasteiger partial charge in [0.1, 0.15) is 5.75 Å². The maximum atomic E-state index is 5.95. The van der Waals surface area contributed by atoms with Gasteiger partial charge in [-0.1, -0.05) is 18.2 Å². The van der Waals surface area contributed by atoms with Crippen molar-refractivity contribution in [3.05, 3.63) is 29.8 Å². The van der Waals surface area contributed by atoms with Crippen molar-refractivity contribution in [3.8, 4) is 5.75 Å². The van der Waals surface area contributed by atoms with Crippen molar-refractivity contribution in [3.63, 3.8) is 0 Å². The third-order valence-corrected chi connectivity index (χ3v) is 4.13. The molecule has 0 heterocycles. The van der Waals surface area contributed by atoms with Gasteiger partial charge in [0, 0.05) is 39.4 Å². The maximum Gasteiger partial charge on any atom is 0.191 e. The lowest BCUT2D eigenvalue weighted by Crippen LogP contribution is -2.37. The number of unbranched alkanes of at least 4 members (excludes halogenated alkanes) is 2. The lowest BCUT2D eigenvalue weighted by molar-refractivity contribution is 0.192. The number of hydrogen-bond donors (Lipinski definition) is 2. The molecule has 1 aliphatic carbocycles. The van der Waals surface area contributed by atoms with E-state index in [0.717, 1.165) is 56.6 Å². The van der Waals surface area contributed by atoms with E-state index >= 15 is 0 Å². The first kappa shape index (κ1) is 22.0. The molecule has 142 valence electrons. The number of ether oxygens (including phenoxy) is 2. The Morgan fingerprint density at radius 1 is 1.16 bits per heavy atom. The summed E-state index contributed by atoms with van der Waals surface area (Å²) in [6.07, 6.45) is 6.00. The Bertz CT molecular complexity index is 507. The Balaban J connectivity index is 0.00000312. The third-order valence-electron chi connectivity index (χ3n) is 4.13. The van der Waals surface area contributed by atoms with Gasteiger partial charge in [-0.3, -0.25) is 4.99 Å². The topological polar surface area (TPSA) is 54.9 Å². The van der Waals surface area contributed by atoms with E-state index in [2.05, 4.69) is 21.7 Å². The zero-order valence-corrected chi connectivity index (χ0v) is 17.8. The molecule has 25 heavy (non-hydrogen) atoms. The van der Waals surface area contributed by atoms with Gasteiger partial charge in [-0.05, 0) is 44.1 Å². The van der Waals surface area contributed by atoms with E-state index in [1.807, 2.05) is 18.2 Å². The molecule has 1 saturated carbocycles. The predicted octanol–water partition coefficient (Wildman–Crippen LogP) is 3.58. The van der Waals surface area contributed by atoms with Crippen LogP contribution in [0, 0.1) is 5.92 Å². The predicted molar refractivity (Wildman–Crippen MR) is 114 cm³/mol. The minimum Gasteiger partial charge on any atom is -0.493 e. The largest absolute Gasteiger partial charge is 0.493 e. The molecule has 0 aliphatic heterocycles. The molecule has 5 nitrogen and oxygen atoms in total. The van der Waals surface area contributed by atoms with Crippen LogP contribution >= 0.6 is 24.0 Å². The number of methoxy groups -OCH3 is 1. The zero-order chi connectivity index (χ0) is 17.0. The Morgan fingerprint density at radius 2 is 1.96 bits per heavy atom. The average Bonchev–Trinajstić information content (AvgIpc) is 3.44. The molecule has 0 amide bonds. The molecule has 6 heteroatoms. The van der Waals surface area contributed by atoms with Crippen LogP contribution < -0.4 is 15.4 Å². The molecule has 0 saturated heterocycles. The standard InChI is InChI=1S/C19H31N3O2.HI/c1-20-19(21-12-6-3-7-13-23-2)22-14-17-8-4-5-9-18(17)24-15-16-10-11-16;/h4-5,8-9,16H,3,6-7,10-15H2,1-2H3,(H2,20,21,22);1H. The Morgan fingerprint density at radius 3 is 2.68 bits per heavy atom. The average molecular weight is 461 g/mol. The Hall–Kier alpha value is -1.02. The van der Waals surface area contributed by atoms with Crippen LogP contribution in [0.15, 0.2) is 29.3 Å². The number of nitrogens with zero attached hydrogens (tertiary/aromatic N) is 1. The maximum absolute atomic E-state index is 5.95. The van der Waals surface area contributed by atoms with Gasteiger partial charge in [-0.15, -0.1) is 24.0 Å². The molecule has 0 aromatic heterocycles. The van der Waals surface area contributed by atoms with Crippen LogP contribution in [0.4, 0.5) is 0 Å². The molecule has 2 rings (SSSR count).